The molecule has 1 atom stereocenters. The largest absolute Gasteiger partial charge is 0.294 e. The highest BCUT2D eigenvalue weighted by Gasteiger charge is 2.16. The molecule has 1 aromatic rings. The maximum absolute atomic E-state index is 12.1. The Labute approximate surface area is 107 Å². The SMILES string of the molecule is CC1CC=C(C(=O)Cc2ccccc2Cl)CC1. The molecule has 0 saturated heterocycles. The summed E-state index contributed by atoms with van der Waals surface area (Å²) in [7, 11) is 0. The Balaban J connectivity index is 2.05. The molecule has 1 aliphatic rings. The lowest BCUT2D eigenvalue weighted by Crippen LogP contribution is -2.12. The molecule has 1 unspecified atom stereocenters. The molecule has 0 radical (unpaired) electrons. The first-order valence-electron chi connectivity index (χ1n) is 6.12. The fourth-order valence-electron chi connectivity index (χ4n) is 2.15. The van der Waals surface area contributed by atoms with E-state index in [0.717, 1.165) is 30.4 Å². The quantitative estimate of drug-likeness (QED) is 0.784. The molecular weight excluding hydrogens is 232 g/mol. The van der Waals surface area contributed by atoms with Crippen LogP contribution in [0.5, 0.6) is 0 Å². The summed E-state index contributed by atoms with van der Waals surface area (Å²) in [5.41, 5.74) is 1.92. The van der Waals surface area contributed by atoms with Crippen molar-refractivity contribution in [3.05, 3.63) is 46.5 Å². The van der Waals surface area contributed by atoms with Gasteiger partial charge in [-0.3, -0.25) is 4.79 Å². The maximum atomic E-state index is 12.1. The van der Waals surface area contributed by atoms with Crippen molar-refractivity contribution in [3.8, 4) is 0 Å². The first-order valence-corrected chi connectivity index (χ1v) is 6.50. The number of rotatable bonds is 3. The molecule has 0 saturated carbocycles. The minimum Gasteiger partial charge on any atom is -0.294 e. The van der Waals surface area contributed by atoms with Gasteiger partial charge in [-0.05, 0) is 42.4 Å². The third kappa shape index (κ3) is 3.19. The van der Waals surface area contributed by atoms with Gasteiger partial charge in [-0.1, -0.05) is 42.8 Å². The van der Waals surface area contributed by atoms with E-state index >= 15 is 0 Å². The van der Waals surface area contributed by atoms with E-state index in [2.05, 4.69) is 13.0 Å². The van der Waals surface area contributed by atoms with E-state index in [1.54, 1.807) is 0 Å². The maximum Gasteiger partial charge on any atom is 0.162 e. The van der Waals surface area contributed by atoms with Crippen LogP contribution in [-0.2, 0) is 11.2 Å². The highest BCUT2D eigenvalue weighted by atomic mass is 35.5. The van der Waals surface area contributed by atoms with Crippen molar-refractivity contribution in [1.82, 2.24) is 0 Å². The molecule has 17 heavy (non-hydrogen) atoms. The van der Waals surface area contributed by atoms with Crippen molar-refractivity contribution in [2.75, 3.05) is 0 Å². The topological polar surface area (TPSA) is 17.1 Å². The van der Waals surface area contributed by atoms with Gasteiger partial charge in [0.05, 0.1) is 0 Å². The first kappa shape index (κ1) is 12.4. The minimum absolute atomic E-state index is 0.227. The first-order chi connectivity index (χ1) is 8.16. The average Bonchev–Trinajstić information content (AvgIpc) is 2.33. The van der Waals surface area contributed by atoms with E-state index in [-0.39, 0.29) is 5.78 Å². The molecule has 0 bridgehead atoms. The number of carbonyl (C=O) groups is 1. The number of ketones is 1. The lowest BCUT2D eigenvalue weighted by Gasteiger charge is -2.17. The summed E-state index contributed by atoms with van der Waals surface area (Å²) in [6.45, 7) is 2.23. The molecule has 0 N–H and O–H groups in total. The molecule has 2 rings (SSSR count). The number of benzene rings is 1. The third-order valence-electron chi connectivity index (χ3n) is 3.34. The summed E-state index contributed by atoms with van der Waals surface area (Å²) in [5.74, 6) is 0.942. The predicted molar refractivity (Wildman–Crippen MR) is 71.3 cm³/mol. The Kier molecular flexibility index (Phi) is 4.01. The van der Waals surface area contributed by atoms with Gasteiger partial charge in [0.15, 0.2) is 5.78 Å². The molecular formula is C15H17ClO. The average molecular weight is 249 g/mol. The second-order valence-corrected chi connectivity index (χ2v) is 5.21. The second kappa shape index (κ2) is 5.50. The van der Waals surface area contributed by atoms with Gasteiger partial charge in [0.2, 0.25) is 0 Å². The Morgan fingerprint density at radius 3 is 2.82 bits per heavy atom. The van der Waals surface area contributed by atoms with Crippen LogP contribution in [0.3, 0.4) is 0 Å². The van der Waals surface area contributed by atoms with Crippen LogP contribution in [0.25, 0.3) is 0 Å². The number of hydrogen-bond acceptors (Lipinski definition) is 1. The lowest BCUT2D eigenvalue weighted by molar-refractivity contribution is -0.115. The zero-order chi connectivity index (χ0) is 12.3. The van der Waals surface area contributed by atoms with Gasteiger partial charge in [0.1, 0.15) is 0 Å². The molecule has 1 aromatic carbocycles. The van der Waals surface area contributed by atoms with Crippen molar-refractivity contribution >= 4 is 17.4 Å². The minimum atomic E-state index is 0.227. The van der Waals surface area contributed by atoms with Crippen LogP contribution in [-0.4, -0.2) is 5.78 Å². The van der Waals surface area contributed by atoms with Crippen LogP contribution in [0, 0.1) is 5.92 Å². The van der Waals surface area contributed by atoms with E-state index in [4.69, 9.17) is 11.6 Å². The van der Waals surface area contributed by atoms with Crippen LogP contribution >= 0.6 is 11.6 Å². The summed E-state index contributed by atoms with van der Waals surface area (Å²) in [4.78, 5) is 12.1. The monoisotopic (exact) mass is 248 g/mol. The van der Waals surface area contributed by atoms with E-state index < -0.39 is 0 Å². The lowest BCUT2D eigenvalue weighted by atomic mass is 9.88. The zero-order valence-corrected chi connectivity index (χ0v) is 10.8. The Bertz CT molecular complexity index is 448. The molecule has 90 valence electrons. The summed E-state index contributed by atoms with van der Waals surface area (Å²) in [6.07, 6.45) is 5.61. The molecule has 0 fully saturated rings. The molecule has 0 amide bonds. The predicted octanol–water partition coefficient (Wildman–Crippen LogP) is 4.20. The van der Waals surface area contributed by atoms with E-state index in [1.165, 1.54) is 0 Å². The molecule has 2 heteroatoms. The van der Waals surface area contributed by atoms with Crippen molar-refractivity contribution in [3.63, 3.8) is 0 Å². The number of Topliss-reactive ketones (excluding diaryl/α,β-unsaturated/α-hetero) is 1. The fraction of sp³-hybridized carbons (Fsp3) is 0.400. The fourth-order valence-corrected chi connectivity index (χ4v) is 2.35. The Morgan fingerprint density at radius 2 is 2.18 bits per heavy atom. The van der Waals surface area contributed by atoms with Crippen molar-refractivity contribution < 1.29 is 4.79 Å². The molecule has 0 spiro atoms. The van der Waals surface area contributed by atoms with E-state index in [1.807, 2.05) is 24.3 Å². The van der Waals surface area contributed by atoms with Gasteiger partial charge in [-0.15, -0.1) is 0 Å². The van der Waals surface area contributed by atoms with Crippen LogP contribution < -0.4 is 0 Å². The number of allylic oxidation sites excluding steroid dienone is 2. The second-order valence-electron chi connectivity index (χ2n) is 4.80. The number of hydrogen-bond donors (Lipinski definition) is 0. The highest BCUT2D eigenvalue weighted by molar-refractivity contribution is 6.31. The van der Waals surface area contributed by atoms with Gasteiger partial charge >= 0.3 is 0 Å². The van der Waals surface area contributed by atoms with Crippen LogP contribution in [0.2, 0.25) is 5.02 Å². The highest BCUT2D eigenvalue weighted by Crippen LogP contribution is 2.25. The normalized spacial score (nSPS) is 19.9. The van der Waals surface area contributed by atoms with E-state index in [0.29, 0.717) is 17.4 Å². The molecule has 1 aliphatic carbocycles. The Morgan fingerprint density at radius 1 is 1.41 bits per heavy atom. The summed E-state index contributed by atoms with van der Waals surface area (Å²) >= 11 is 6.06. The van der Waals surface area contributed by atoms with Gasteiger partial charge in [0, 0.05) is 11.4 Å². The molecule has 0 heterocycles. The molecule has 1 nitrogen and oxygen atoms in total. The van der Waals surface area contributed by atoms with Crippen LogP contribution in [0.15, 0.2) is 35.9 Å². The van der Waals surface area contributed by atoms with Crippen LogP contribution in [0.4, 0.5) is 0 Å². The van der Waals surface area contributed by atoms with Crippen LogP contribution in [0.1, 0.15) is 31.7 Å². The van der Waals surface area contributed by atoms with Crippen molar-refractivity contribution in [2.24, 2.45) is 5.92 Å². The van der Waals surface area contributed by atoms with Gasteiger partial charge in [-0.25, -0.2) is 0 Å². The van der Waals surface area contributed by atoms with E-state index in [9.17, 15) is 4.79 Å². The van der Waals surface area contributed by atoms with Gasteiger partial charge in [0.25, 0.3) is 0 Å². The van der Waals surface area contributed by atoms with Gasteiger partial charge < -0.3 is 0 Å². The zero-order valence-electron chi connectivity index (χ0n) is 10.1. The molecule has 0 aromatic heterocycles. The smallest absolute Gasteiger partial charge is 0.162 e. The van der Waals surface area contributed by atoms with Crippen molar-refractivity contribution in [2.45, 2.75) is 32.6 Å². The summed E-state index contributed by atoms with van der Waals surface area (Å²) in [5, 5.41) is 0.686. The summed E-state index contributed by atoms with van der Waals surface area (Å²) < 4.78 is 0. The number of halogens is 1. The number of carbonyl (C=O) groups excluding carboxylic acids is 1. The standard InChI is InChI=1S/C15H17ClO/c1-11-6-8-12(9-7-11)15(17)10-13-4-2-3-5-14(13)16/h2-5,8,11H,6-7,9-10H2,1H3. The third-order valence-corrected chi connectivity index (χ3v) is 3.71. The van der Waals surface area contributed by atoms with Crippen molar-refractivity contribution in [1.29, 1.82) is 0 Å². The summed E-state index contributed by atoms with van der Waals surface area (Å²) in [6, 6.07) is 7.57. The molecule has 0 aliphatic heterocycles. The van der Waals surface area contributed by atoms with Gasteiger partial charge in [-0.2, -0.15) is 0 Å². The Hall–Kier alpha value is -1.08.